The molecule has 1 aromatic heterocycles. The minimum Gasteiger partial charge on any atom is -0.458 e. The van der Waals surface area contributed by atoms with Gasteiger partial charge in [-0.05, 0) is 62.5 Å². The number of alkyl halides is 1. The Hall–Kier alpha value is -0.940. The number of nitrogens with zero attached hydrogens (tertiary/aromatic N) is 1. The lowest BCUT2D eigenvalue weighted by Gasteiger charge is -2.58. The van der Waals surface area contributed by atoms with Crippen LogP contribution in [0.15, 0.2) is 24.3 Å². The first-order valence-corrected chi connectivity index (χ1v) is 10.4. The molecular formula is C19H20BrNO2S. The number of carbonyl (C=O) groups excluding carboxylic acids is 1. The number of hydrogen-bond acceptors (Lipinski definition) is 4. The second-order valence-corrected chi connectivity index (χ2v) is 10.8. The fourth-order valence-corrected chi connectivity index (χ4v) is 7.98. The number of benzene rings is 1. The number of ether oxygens (including phenoxy) is 1. The van der Waals surface area contributed by atoms with Crippen LogP contribution in [0.4, 0.5) is 0 Å². The molecule has 4 fully saturated rings. The van der Waals surface area contributed by atoms with Crippen LogP contribution in [-0.4, -0.2) is 15.3 Å². The molecule has 3 nitrogen and oxygen atoms in total. The first-order valence-electron chi connectivity index (χ1n) is 8.74. The Kier molecular flexibility index (Phi) is 3.37. The predicted molar refractivity (Wildman–Crippen MR) is 98.2 cm³/mol. The number of esters is 1. The van der Waals surface area contributed by atoms with Crippen LogP contribution < -0.4 is 0 Å². The number of rotatable bonds is 3. The lowest BCUT2D eigenvalue weighted by Crippen LogP contribution is -2.56. The first-order chi connectivity index (χ1) is 11.5. The van der Waals surface area contributed by atoms with Gasteiger partial charge < -0.3 is 4.74 Å². The second kappa shape index (κ2) is 5.28. The molecule has 0 radical (unpaired) electrons. The maximum absolute atomic E-state index is 13.0. The third-order valence-electron chi connectivity index (χ3n) is 6.09. The number of thiazole rings is 1. The highest BCUT2D eigenvalue weighted by Gasteiger charge is 2.60. The molecule has 4 aliphatic carbocycles. The SMILES string of the molecule is O=C(OCc1nc2ccccc2s1)C12CC3CC(CC(Br)(C3)C1)C2. The summed E-state index contributed by atoms with van der Waals surface area (Å²) in [6, 6.07) is 8.07. The van der Waals surface area contributed by atoms with Crippen LogP contribution >= 0.6 is 27.3 Å². The highest BCUT2D eigenvalue weighted by molar-refractivity contribution is 9.10. The molecule has 126 valence electrons. The third-order valence-corrected chi connectivity index (χ3v) is 8.03. The highest BCUT2D eigenvalue weighted by atomic mass is 79.9. The molecular weight excluding hydrogens is 386 g/mol. The summed E-state index contributed by atoms with van der Waals surface area (Å²) in [5.74, 6) is 1.40. The van der Waals surface area contributed by atoms with Gasteiger partial charge in [-0.3, -0.25) is 4.79 Å². The molecule has 4 bridgehead atoms. The minimum atomic E-state index is -0.246. The minimum absolute atomic E-state index is 0.0136. The van der Waals surface area contributed by atoms with Gasteiger partial charge in [-0.15, -0.1) is 11.3 Å². The maximum atomic E-state index is 13.0. The summed E-state index contributed by atoms with van der Waals surface area (Å²) in [5.41, 5.74) is 0.743. The molecule has 0 amide bonds. The zero-order valence-electron chi connectivity index (χ0n) is 13.5. The van der Waals surface area contributed by atoms with Crippen molar-refractivity contribution < 1.29 is 9.53 Å². The Labute approximate surface area is 153 Å². The van der Waals surface area contributed by atoms with Gasteiger partial charge in [0.2, 0.25) is 0 Å². The van der Waals surface area contributed by atoms with Gasteiger partial charge in [-0.25, -0.2) is 4.98 Å². The van der Waals surface area contributed by atoms with Crippen molar-refractivity contribution in [3.05, 3.63) is 29.3 Å². The average Bonchev–Trinajstić information content (AvgIpc) is 2.93. The summed E-state index contributed by atoms with van der Waals surface area (Å²) < 4.78 is 7.11. The van der Waals surface area contributed by atoms with E-state index in [9.17, 15) is 4.79 Å². The van der Waals surface area contributed by atoms with E-state index in [1.807, 2.05) is 18.2 Å². The van der Waals surface area contributed by atoms with E-state index >= 15 is 0 Å². The third kappa shape index (κ3) is 2.43. The van der Waals surface area contributed by atoms with Gasteiger partial charge in [-0.1, -0.05) is 28.1 Å². The van der Waals surface area contributed by atoms with Crippen LogP contribution in [-0.2, 0) is 16.1 Å². The Morgan fingerprint density at radius 1 is 1.25 bits per heavy atom. The Morgan fingerprint density at radius 3 is 2.71 bits per heavy atom. The largest absolute Gasteiger partial charge is 0.458 e. The zero-order valence-corrected chi connectivity index (χ0v) is 15.9. The fourth-order valence-electron chi connectivity index (χ4n) is 5.65. The van der Waals surface area contributed by atoms with E-state index in [0.29, 0.717) is 18.4 Å². The zero-order chi connectivity index (χ0) is 16.4. The van der Waals surface area contributed by atoms with Gasteiger partial charge in [0.15, 0.2) is 0 Å². The number of hydrogen-bond donors (Lipinski definition) is 0. The quantitative estimate of drug-likeness (QED) is 0.528. The lowest BCUT2D eigenvalue weighted by atomic mass is 9.49. The summed E-state index contributed by atoms with van der Waals surface area (Å²) in [4.78, 5) is 17.5. The van der Waals surface area contributed by atoms with E-state index in [4.69, 9.17) is 4.74 Å². The van der Waals surface area contributed by atoms with E-state index in [-0.39, 0.29) is 15.7 Å². The summed E-state index contributed by atoms with van der Waals surface area (Å²) in [5, 5.41) is 0.892. The van der Waals surface area contributed by atoms with E-state index < -0.39 is 0 Å². The van der Waals surface area contributed by atoms with E-state index in [0.717, 1.165) is 34.5 Å². The van der Waals surface area contributed by atoms with E-state index in [1.165, 1.54) is 19.3 Å². The summed E-state index contributed by atoms with van der Waals surface area (Å²) >= 11 is 5.58. The molecule has 5 heteroatoms. The number of fused-ring (bicyclic) bond motifs is 1. The standard InChI is InChI=1S/C19H20BrNO2S/c20-19-8-12-5-13(9-19)7-18(6-12,11-19)17(22)23-10-16-21-14-3-1-2-4-15(14)24-16/h1-4,12-13H,5-11H2. The van der Waals surface area contributed by atoms with E-state index in [2.05, 4.69) is 27.0 Å². The number of halogens is 1. The molecule has 4 saturated carbocycles. The van der Waals surface area contributed by atoms with Crippen LogP contribution in [0.3, 0.4) is 0 Å². The first kappa shape index (κ1) is 15.3. The molecule has 0 aliphatic heterocycles. The van der Waals surface area contributed by atoms with Gasteiger partial charge in [0, 0.05) is 4.32 Å². The monoisotopic (exact) mass is 405 g/mol. The van der Waals surface area contributed by atoms with Crippen LogP contribution in [0.25, 0.3) is 10.2 Å². The number of para-hydroxylation sites is 1. The van der Waals surface area contributed by atoms with Gasteiger partial charge >= 0.3 is 5.97 Å². The topological polar surface area (TPSA) is 39.2 Å². The Morgan fingerprint density at radius 2 is 2.00 bits per heavy atom. The van der Waals surface area contributed by atoms with Gasteiger partial charge in [0.25, 0.3) is 0 Å². The molecule has 0 spiro atoms. The Balaban J connectivity index is 1.33. The summed E-state index contributed by atoms with van der Waals surface area (Å²) in [7, 11) is 0. The van der Waals surface area contributed by atoms with Crippen molar-refractivity contribution in [3.8, 4) is 0 Å². The van der Waals surface area contributed by atoms with Crippen LogP contribution in [0, 0.1) is 17.3 Å². The van der Waals surface area contributed by atoms with Gasteiger partial charge in [0.1, 0.15) is 11.6 Å². The summed E-state index contributed by atoms with van der Waals surface area (Å²) in [6.45, 7) is 0.310. The molecule has 0 saturated heterocycles. The van der Waals surface area contributed by atoms with Crippen molar-refractivity contribution in [2.45, 2.75) is 49.5 Å². The van der Waals surface area contributed by atoms with Gasteiger partial charge in [-0.2, -0.15) is 0 Å². The molecule has 2 atom stereocenters. The molecule has 2 unspecified atom stereocenters. The number of aromatic nitrogens is 1. The van der Waals surface area contributed by atoms with Crippen molar-refractivity contribution >= 4 is 43.5 Å². The molecule has 6 rings (SSSR count). The molecule has 1 heterocycles. The number of carbonyl (C=O) groups is 1. The molecule has 1 aromatic carbocycles. The highest BCUT2D eigenvalue weighted by Crippen LogP contribution is 2.64. The van der Waals surface area contributed by atoms with Gasteiger partial charge in [0.05, 0.1) is 15.6 Å². The second-order valence-electron chi connectivity index (χ2n) is 8.04. The Bertz CT molecular complexity index is 770. The van der Waals surface area contributed by atoms with Crippen molar-refractivity contribution in [2.24, 2.45) is 17.3 Å². The molecule has 24 heavy (non-hydrogen) atoms. The van der Waals surface area contributed by atoms with Crippen molar-refractivity contribution in [2.75, 3.05) is 0 Å². The van der Waals surface area contributed by atoms with E-state index in [1.54, 1.807) is 11.3 Å². The normalized spacial score (nSPS) is 37.0. The van der Waals surface area contributed by atoms with Crippen molar-refractivity contribution in [1.82, 2.24) is 4.98 Å². The van der Waals surface area contributed by atoms with Crippen LogP contribution in [0.5, 0.6) is 0 Å². The lowest BCUT2D eigenvalue weighted by molar-refractivity contribution is -0.170. The molecule has 2 aromatic rings. The summed E-state index contributed by atoms with van der Waals surface area (Å²) in [6.07, 6.45) is 6.77. The predicted octanol–water partition coefficient (Wildman–Crippen LogP) is 5.07. The molecule has 0 N–H and O–H groups in total. The molecule has 4 aliphatic rings. The van der Waals surface area contributed by atoms with Crippen molar-refractivity contribution in [3.63, 3.8) is 0 Å². The van der Waals surface area contributed by atoms with Crippen LogP contribution in [0.1, 0.15) is 43.5 Å². The van der Waals surface area contributed by atoms with Crippen LogP contribution in [0.2, 0.25) is 0 Å². The van der Waals surface area contributed by atoms with Crippen molar-refractivity contribution in [1.29, 1.82) is 0 Å². The average molecular weight is 406 g/mol. The maximum Gasteiger partial charge on any atom is 0.312 e. The fraction of sp³-hybridized carbons (Fsp3) is 0.579. The smallest absolute Gasteiger partial charge is 0.312 e.